The molecule has 0 saturated heterocycles. The van der Waals surface area contributed by atoms with Crippen molar-refractivity contribution < 1.29 is 19.2 Å². The maximum atomic E-state index is 13.4. The molecular formula is C9H12BFO3. The summed E-state index contributed by atoms with van der Waals surface area (Å²) < 4.78 is 18.6. The second-order valence-electron chi connectivity index (χ2n) is 3.20. The van der Waals surface area contributed by atoms with Crippen LogP contribution >= 0.6 is 0 Å². The Morgan fingerprint density at radius 3 is 2.50 bits per heavy atom. The Hall–Kier alpha value is -1.07. The molecule has 0 heterocycles. The lowest BCUT2D eigenvalue weighted by Crippen LogP contribution is -2.33. The van der Waals surface area contributed by atoms with Crippen molar-refractivity contribution in [1.29, 1.82) is 0 Å². The van der Waals surface area contributed by atoms with Gasteiger partial charge in [-0.1, -0.05) is 12.1 Å². The molecule has 0 fully saturated rings. The molecule has 0 spiro atoms. The summed E-state index contributed by atoms with van der Waals surface area (Å²) in [6.07, 6.45) is -0.157. The first-order chi connectivity index (χ1) is 6.52. The quantitative estimate of drug-likeness (QED) is 0.686. The van der Waals surface area contributed by atoms with Gasteiger partial charge in [-0.3, -0.25) is 0 Å². The third-order valence-corrected chi connectivity index (χ3v) is 1.63. The molecule has 0 saturated carbocycles. The van der Waals surface area contributed by atoms with Crippen LogP contribution in [0.3, 0.4) is 0 Å². The van der Waals surface area contributed by atoms with Crippen LogP contribution in [0.5, 0.6) is 5.75 Å². The van der Waals surface area contributed by atoms with Crippen LogP contribution in [0.2, 0.25) is 0 Å². The van der Waals surface area contributed by atoms with Gasteiger partial charge in [0.05, 0.1) is 6.10 Å². The lowest BCUT2D eigenvalue weighted by molar-refractivity contribution is 0.231. The van der Waals surface area contributed by atoms with Crippen molar-refractivity contribution in [2.24, 2.45) is 0 Å². The molecule has 0 aliphatic heterocycles. The van der Waals surface area contributed by atoms with Crippen LogP contribution in [0.25, 0.3) is 0 Å². The standard InChI is InChI=1S/C9H12BFO3/c1-6(2)14-8-5-3-4-7(9(8)11)10(12)13/h3-6,12-13H,1-2H3. The van der Waals surface area contributed by atoms with Crippen LogP contribution in [-0.4, -0.2) is 23.3 Å². The molecule has 2 N–H and O–H groups in total. The minimum absolute atomic E-state index is 0.0330. The topological polar surface area (TPSA) is 49.7 Å². The molecule has 0 bridgehead atoms. The first-order valence-corrected chi connectivity index (χ1v) is 4.33. The largest absolute Gasteiger partial charge is 0.491 e. The van der Waals surface area contributed by atoms with Gasteiger partial charge in [-0.25, -0.2) is 4.39 Å². The molecule has 5 heteroatoms. The summed E-state index contributed by atoms with van der Waals surface area (Å²) in [5.74, 6) is -0.693. The molecule has 1 rings (SSSR count). The van der Waals surface area contributed by atoms with Crippen LogP contribution < -0.4 is 10.2 Å². The molecule has 76 valence electrons. The Bertz CT molecular complexity index is 315. The van der Waals surface area contributed by atoms with Gasteiger partial charge in [0.1, 0.15) is 0 Å². The number of hydrogen-bond donors (Lipinski definition) is 2. The van der Waals surface area contributed by atoms with E-state index in [1.807, 2.05) is 0 Å². The second-order valence-corrected chi connectivity index (χ2v) is 3.20. The van der Waals surface area contributed by atoms with Gasteiger partial charge in [-0.05, 0) is 19.9 Å². The van der Waals surface area contributed by atoms with E-state index in [2.05, 4.69) is 0 Å². The zero-order valence-electron chi connectivity index (χ0n) is 8.07. The van der Waals surface area contributed by atoms with E-state index in [-0.39, 0.29) is 17.3 Å². The number of rotatable bonds is 3. The highest BCUT2D eigenvalue weighted by atomic mass is 19.1. The summed E-state index contributed by atoms with van der Waals surface area (Å²) in [5.41, 5.74) is -0.178. The summed E-state index contributed by atoms with van der Waals surface area (Å²) in [6.45, 7) is 3.53. The van der Waals surface area contributed by atoms with Gasteiger partial charge < -0.3 is 14.8 Å². The SMILES string of the molecule is CC(C)Oc1cccc(B(O)O)c1F. The molecule has 14 heavy (non-hydrogen) atoms. The fraction of sp³-hybridized carbons (Fsp3) is 0.333. The van der Waals surface area contributed by atoms with Crippen LogP contribution in [-0.2, 0) is 0 Å². The van der Waals surface area contributed by atoms with Crippen molar-refractivity contribution in [2.75, 3.05) is 0 Å². The van der Waals surface area contributed by atoms with Crippen molar-refractivity contribution in [1.82, 2.24) is 0 Å². The monoisotopic (exact) mass is 198 g/mol. The molecule has 0 radical (unpaired) electrons. The summed E-state index contributed by atoms with van der Waals surface area (Å²) in [5, 5.41) is 17.6. The van der Waals surface area contributed by atoms with Crippen LogP contribution in [0.4, 0.5) is 4.39 Å². The molecule has 0 aliphatic rings. The van der Waals surface area contributed by atoms with E-state index in [9.17, 15) is 4.39 Å². The van der Waals surface area contributed by atoms with E-state index in [0.29, 0.717) is 0 Å². The predicted molar refractivity (Wildman–Crippen MR) is 52.0 cm³/mol. The average Bonchev–Trinajstić information content (AvgIpc) is 2.07. The second kappa shape index (κ2) is 4.44. The van der Waals surface area contributed by atoms with Crippen LogP contribution in [0.1, 0.15) is 13.8 Å². The van der Waals surface area contributed by atoms with Crippen molar-refractivity contribution >= 4 is 12.6 Å². The molecule has 3 nitrogen and oxygen atoms in total. The highest BCUT2D eigenvalue weighted by Crippen LogP contribution is 2.15. The Morgan fingerprint density at radius 2 is 2.00 bits per heavy atom. The number of halogens is 1. The summed E-state index contributed by atoms with van der Waals surface area (Å²) >= 11 is 0. The van der Waals surface area contributed by atoms with E-state index < -0.39 is 12.9 Å². The van der Waals surface area contributed by atoms with E-state index in [0.717, 1.165) is 0 Å². The number of benzene rings is 1. The molecule has 0 amide bonds. The van der Waals surface area contributed by atoms with E-state index in [4.69, 9.17) is 14.8 Å². The molecule has 0 aliphatic carbocycles. The third-order valence-electron chi connectivity index (χ3n) is 1.63. The van der Waals surface area contributed by atoms with Crippen LogP contribution in [0, 0.1) is 5.82 Å². The molecular weight excluding hydrogens is 186 g/mol. The van der Waals surface area contributed by atoms with Gasteiger partial charge in [0.25, 0.3) is 0 Å². The third kappa shape index (κ3) is 2.46. The molecule has 0 aromatic heterocycles. The first kappa shape index (κ1) is 11.0. The van der Waals surface area contributed by atoms with Crippen molar-refractivity contribution in [3.63, 3.8) is 0 Å². The van der Waals surface area contributed by atoms with Crippen molar-refractivity contribution in [3.8, 4) is 5.75 Å². The number of hydrogen-bond acceptors (Lipinski definition) is 3. The molecule has 0 unspecified atom stereocenters. The minimum Gasteiger partial charge on any atom is -0.488 e. The maximum Gasteiger partial charge on any atom is 0.491 e. The van der Waals surface area contributed by atoms with Gasteiger partial charge in [0.2, 0.25) is 0 Å². The zero-order valence-corrected chi connectivity index (χ0v) is 8.07. The highest BCUT2D eigenvalue weighted by molar-refractivity contribution is 6.58. The van der Waals surface area contributed by atoms with Crippen molar-refractivity contribution in [2.45, 2.75) is 20.0 Å². The maximum absolute atomic E-state index is 13.4. The Morgan fingerprint density at radius 1 is 1.36 bits per heavy atom. The Labute approximate surface area is 82.3 Å². The summed E-state index contributed by atoms with van der Waals surface area (Å²) in [6, 6.07) is 4.25. The Kier molecular flexibility index (Phi) is 3.49. The first-order valence-electron chi connectivity index (χ1n) is 4.33. The summed E-state index contributed by atoms with van der Waals surface area (Å²) in [4.78, 5) is 0. The van der Waals surface area contributed by atoms with Crippen LogP contribution in [0.15, 0.2) is 18.2 Å². The fourth-order valence-corrected chi connectivity index (χ4v) is 1.07. The predicted octanol–water partition coefficient (Wildman–Crippen LogP) is 0.293. The Balaban J connectivity index is 3.01. The molecule has 1 aromatic rings. The highest BCUT2D eigenvalue weighted by Gasteiger charge is 2.19. The number of ether oxygens (including phenoxy) is 1. The van der Waals surface area contributed by atoms with Gasteiger partial charge in [-0.15, -0.1) is 0 Å². The molecule has 0 atom stereocenters. The van der Waals surface area contributed by atoms with E-state index in [1.165, 1.54) is 18.2 Å². The lowest BCUT2D eigenvalue weighted by Gasteiger charge is -2.12. The van der Waals surface area contributed by atoms with Gasteiger partial charge in [0, 0.05) is 5.46 Å². The molecule has 1 aromatic carbocycles. The average molecular weight is 198 g/mol. The zero-order chi connectivity index (χ0) is 10.7. The minimum atomic E-state index is -1.81. The van der Waals surface area contributed by atoms with E-state index >= 15 is 0 Å². The van der Waals surface area contributed by atoms with Gasteiger partial charge in [0.15, 0.2) is 11.6 Å². The smallest absolute Gasteiger partial charge is 0.488 e. The van der Waals surface area contributed by atoms with Gasteiger partial charge in [-0.2, -0.15) is 0 Å². The normalized spacial score (nSPS) is 10.4. The fourth-order valence-electron chi connectivity index (χ4n) is 1.07. The van der Waals surface area contributed by atoms with Gasteiger partial charge >= 0.3 is 7.12 Å². The summed E-state index contributed by atoms with van der Waals surface area (Å²) in [7, 11) is -1.81. The van der Waals surface area contributed by atoms with E-state index in [1.54, 1.807) is 13.8 Å². The van der Waals surface area contributed by atoms with Crippen molar-refractivity contribution in [3.05, 3.63) is 24.0 Å². The lowest BCUT2D eigenvalue weighted by atomic mass is 9.80.